The Morgan fingerprint density at radius 3 is 2.44 bits per heavy atom. The van der Waals surface area contributed by atoms with Crippen molar-refractivity contribution in [1.29, 1.82) is 0 Å². The summed E-state index contributed by atoms with van der Waals surface area (Å²) in [5.41, 5.74) is 0.485. The zero-order valence-corrected chi connectivity index (χ0v) is 17.9. The fourth-order valence-electron chi connectivity index (χ4n) is 3.18. The van der Waals surface area contributed by atoms with Gasteiger partial charge in [0, 0.05) is 0 Å². The molecule has 1 aliphatic rings. The molecule has 1 amide bonds. The van der Waals surface area contributed by atoms with Crippen molar-refractivity contribution in [2.45, 2.75) is 27.2 Å². The molecule has 0 unspecified atom stereocenters. The summed E-state index contributed by atoms with van der Waals surface area (Å²) in [7, 11) is 0. The molecule has 170 valence electrons. The predicted octanol–water partition coefficient (Wildman–Crippen LogP) is 2.46. The molecular formula is C22H23NO9. The number of rotatable bonds is 8. The Morgan fingerprint density at radius 2 is 1.75 bits per heavy atom. The Kier molecular flexibility index (Phi) is 7.14. The first-order chi connectivity index (χ1) is 15.3. The maximum atomic E-state index is 12.3. The van der Waals surface area contributed by atoms with E-state index in [1.54, 1.807) is 25.1 Å². The van der Waals surface area contributed by atoms with Gasteiger partial charge in [0.1, 0.15) is 24.5 Å². The summed E-state index contributed by atoms with van der Waals surface area (Å²) in [5, 5.41) is 2.35. The molecule has 1 aromatic heterocycles. The highest BCUT2D eigenvalue weighted by molar-refractivity contribution is 6.10. The summed E-state index contributed by atoms with van der Waals surface area (Å²) in [4.78, 5) is 48.6. The van der Waals surface area contributed by atoms with Crippen LogP contribution < -0.4 is 14.8 Å². The number of nitrogens with one attached hydrogen (secondary N) is 1. The van der Waals surface area contributed by atoms with Crippen molar-refractivity contribution in [1.82, 2.24) is 0 Å². The minimum atomic E-state index is -0.805. The molecule has 0 aliphatic carbocycles. The summed E-state index contributed by atoms with van der Waals surface area (Å²) in [6, 6.07) is 5.08. The third kappa shape index (κ3) is 5.26. The van der Waals surface area contributed by atoms with Gasteiger partial charge in [0.15, 0.2) is 23.9 Å². The number of hydrogen-bond acceptors (Lipinski definition) is 9. The van der Waals surface area contributed by atoms with E-state index >= 15 is 0 Å². The van der Waals surface area contributed by atoms with Crippen molar-refractivity contribution in [2.75, 3.05) is 31.7 Å². The molecule has 0 fully saturated rings. The lowest BCUT2D eigenvalue weighted by Crippen LogP contribution is -2.23. The van der Waals surface area contributed by atoms with Gasteiger partial charge in [0.25, 0.3) is 5.91 Å². The average molecular weight is 445 g/mol. The van der Waals surface area contributed by atoms with Gasteiger partial charge in [0.05, 0.1) is 18.6 Å². The summed E-state index contributed by atoms with van der Waals surface area (Å²) < 4.78 is 26.2. The lowest BCUT2D eigenvalue weighted by Gasteiger charge is -2.18. The minimum absolute atomic E-state index is 0.0225. The average Bonchev–Trinajstić information content (AvgIpc) is 3.08. The molecule has 0 spiro atoms. The van der Waals surface area contributed by atoms with Crippen molar-refractivity contribution >= 4 is 29.5 Å². The highest BCUT2D eigenvalue weighted by atomic mass is 16.6. The zero-order chi connectivity index (χ0) is 23.3. The van der Waals surface area contributed by atoms with Crippen LogP contribution >= 0.6 is 0 Å². The van der Waals surface area contributed by atoms with E-state index in [1.165, 1.54) is 13.8 Å². The molecule has 3 rings (SSSR count). The molecule has 0 radical (unpaired) electrons. The monoisotopic (exact) mass is 445 g/mol. The number of fused-ring (bicyclic) bond motifs is 1. The molecule has 1 aliphatic heterocycles. The van der Waals surface area contributed by atoms with E-state index in [-0.39, 0.29) is 35.8 Å². The molecule has 2 heterocycles. The van der Waals surface area contributed by atoms with Crippen molar-refractivity contribution < 1.29 is 42.5 Å². The Bertz CT molecular complexity index is 1050. The van der Waals surface area contributed by atoms with E-state index in [9.17, 15) is 19.2 Å². The van der Waals surface area contributed by atoms with E-state index in [1.807, 2.05) is 0 Å². The third-order valence-corrected chi connectivity index (χ3v) is 4.49. The first-order valence-corrected chi connectivity index (χ1v) is 9.95. The number of amides is 1. The number of aryl methyl sites for hydroxylation is 1. The van der Waals surface area contributed by atoms with Crippen molar-refractivity contribution in [2.24, 2.45) is 0 Å². The SMILES string of the molecule is CCOC(=O)c1c(NC(=O)COC(=O)Cc2ccc3c(c2)OCCO3)oc(C)c1C(C)=O. The van der Waals surface area contributed by atoms with E-state index in [2.05, 4.69) is 5.32 Å². The molecular weight excluding hydrogens is 422 g/mol. The van der Waals surface area contributed by atoms with Crippen LogP contribution in [0.25, 0.3) is 0 Å². The van der Waals surface area contributed by atoms with Crippen LogP contribution in [-0.2, 0) is 25.5 Å². The quantitative estimate of drug-likeness (QED) is 0.481. The standard InChI is InChI=1S/C22H23NO9/c1-4-28-22(27)20-19(12(2)24)13(3)32-21(20)23-17(25)11-31-18(26)10-14-5-6-15-16(9-14)30-8-7-29-15/h5-6,9H,4,7-8,10-11H2,1-3H3,(H,23,25). The molecule has 1 aromatic carbocycles. The van der Waals surface area contributed by atoms with Gasteiger partial charge in [-0.1, -0.05) is 6.07 Å². The number of carbonyl (C=O) groups excluding carboxylic acids is 4. The van der Waals surface area contributed by atoms with Gasteiger partial charge in [-0.15, -0.1) is 0 Å². The molecule has 1 N–H and O–H groups in total. The summed E-state index contributed by atoms with van der Waals surface area (Å²) >= 11 is 0. The van der Waals surface area contributed by atoms with Crippen molar-refractivity contribution in [3.63, 3.8) is 0 Å². The largest absolute Gasteiger partial charge is 0.486 e. The maximum Gasteiger partial charge on any atom is 0.344 e. The second kappa shape index (κ2) is 9.99. The van der Waals surface area contributed by atoms with Crippen molar-refractivity contribution in [3.8, 4) is 11.5 Å². The first-order valence-electron chi connectivity index (χ1n) is 9.95. The molecule has 2 aromatic rings. The summed E-state index contributed by atoms with van der Waals surface area (Å²) in [6.07, 6.45) is -0.0770. The van der Waals surface area contributed by atoms with E-state index in [0.29, 0.717) is 30.3 Å². The van der Waals surface area contributed by atoms with Crippen LogP contribution in [-0.4, -0.2) is 50.1 Å². The topological polar surface area (TPSA) is 130 Å². The maximum absolute atomic E-state index is 12.3. The molecule has 0 saturated heterocycles. The third-order valence-electron chi connectivity index (χ3n) is 4.49. The van der Waals surface area contributed by atoms with Crippen LogP contribution in [0.5, 0.6) is 11.5 Å². The van der Waals surface area contributed by atoms with Gasteiger partial charge in [-0.2, -0.15) is 0 Å². The Labute approximate surface area is 183 Å². The van der Waals surface area contributed by atoms with Gasteiger partial charge in [-0.05, 0) is 38.5 Å². The molecule has 0 atom stereocenters. The Morgan fingerprint density at radius 1 is 1.03 bits per heavy atom. The van der Waals surface area contributed by atoms with Crippen LogP contribution in [0, 0.1) is 6.92 Å². The smallest absolute Gasteiger partial charge is 0.344 e. The molecule has 0 bridgehead atoms. The van der Waals surface area contributed by atoms with Gasteiger partial charge in [-0.25, -0.2) is 4.79 Å². The van der Waals surface area contributed by atoms with Crippen LogP contribution in [0.1, 0.15) is 45.9 Å². The van der Waals surface area contributed by atoms with Crippen LogP contribution in [0.4, 0.5) is 5.88 Å². The van der Waals surface area contributed by atoms with E-state index in [0.717, 1.165) is 0 Å². The molecule has 10 heteroatoms. The Hall–Kier alpha value is -3.82. The second-order valence-corrected chi connectivity index (χ2v) is 6.88. The number of furan rings is 1. The predicted molar refractivity (Wildman–Crippen MR) is 110 cm³/mol. The summed E-state index contributed by atoms with van der Waals surface area (Å²) in [5.74, 6) is -1.53. The lowest BCUT2D eigenvalue weighted by molar-refractivity contribution is -0.146. The number of ether oxygens (including phenoxy) is 4. The first kappa shape index (κ1) is 22.9. The van der Waals surface area contributed by atoms with Gasteiger partial charge < -0.3 is 23.4 Å². The van der Waals surface area contributed by atoms with Crippen LogP contribution in [0.15, 0.2) is 22.6 Å². The molecule has 10 nitrogen and oxygen atoms in total. The van der Waals surface area contributed by atoms with Gasteiger partial charge in [-0.3, -0.25) is 19.7 Å². The normalized spacial score (nSPS) is 12.1. The number of carbonyl (C=O) groups is 4. The summed E-state index contributed by atoms with van der Waals surface area (Å²) in [6.45, 7) is 4.72. The number of hydrogen-bond donors (Lipinski definition) is 1. The number of ketones is 1. The highest BCUT2D eigenvalue weighted by Gasteiger charge is 2.29. The fourth-order valence-corrected chi connectivity index (χ4v) is 3.18. The van der Waals surface area contributed by atoms with Gasteiger partial charge in [0.2, 0.25) is 5.88 Å². The second-order valence-electron chi connectivity index (χ2n) is 6.88. The molecule has 32 heavy (non-hydrogen) atoms. The van der Waals surface area contributed by atoms with Crippen LogP contribution in [0.3, 0.4) is 0 Å². The number of esters is 2. The van der Waals surface area contributed by atoms with Crippen molar-refractivity contribution in [3.05, 3.63) is 40.6 Å². The highest BCUT2D eigenvalue weighted by Crippen LogP contribution is 2.31. The number of benzene rings is 1. The molecule has 0 saturated carbocycles. The van der Waals surface area contributed by atoms with E-state index in [4.69, 9.17) is 23.4 Å². The zero-order valence-electron chi connectivity index (χ0n) is 17.9. The van der Waals surface area contributed by atoms with Gasteiger partial charge >= 0.3 is 11.9 Å². The number of anilines is 1. The minimum Gasteiger partial charge on any atom is -0.486 e. The number of Topliss-reactive ketones (excluding diaryl/α,β-unsaturated/α-hetero) is 1. The fraction of sp³-hybridized carbons (Fsp3) is 0.364. The van der Waals surface area contributed by atoms with Crippen LogP contribution in [0.2, 0.25) is 0 Å². The Balaban J connectivity index is 1.61. The lowest BCUT2D eigenvalue weighted by atomic mass is 10.1. The van der Waals surface area contributed by atoms with E-state index < -0.39 is 30.2 Å².